The van der Waals surface area contributed by atoms with Crippen molar-refractivity contribution in [2.75, 3.05) is 12.4 Å². The summed E-state index contributed by atoms with van der Waals surface area (Å²) in [4.78, 5) is 36.5. The summed E-state index contributed by atoms with van der Waals surface area (Å²) in [5, 5.41) is 2.94. The largest absolute Gasteiger partial charge is 0.509 e. The monoisotopic (exact) mass is 511 g/mol. The molecule has 3 unspecified atom stereocenters. The molecule has 1 N–H and O–H groups in total. The van der Waals surface area contributed by atoms with Crippen LogP contribution < -0.4 is 15.7 Å². The van der Waals surface area contributed by atoms with Crippen LogP contribution >= 0.6 is 0 Å². The number of methoxy groups -OCH3 is 1. The minimum atomic E-state index is -0.998. The maximum atomic E-state index is 12.5. The van der Waals surface area contributed by atoms with Crippen molar-refractivity contribution >= 4 is 28.9 Å². The van der Waals surface area contributed by atoms with Crippen molar-refractivity contribution in [1.82, 2.24) is 0 Å². The number of carbonyl (C=O) groups excluding carboxylic acids is 2. The van der Waals surface area contributed by atoms with E-state index in [4.69, 9.17) is 32.8 Å². The Labute approximate surface area is 211 Å². The summed E-state index contributed by atoms with van der Waals surface area (Å²) < 4.78 is 38.6. The van der Waals surface area contributed by atoms with E-state index in [1.165, 1.54) is 19.2 Å². The van der Waals surface area contributed by atoms with Crippen molar-refractivity contribution in [2.45, 2.75) is 50.7 Å². The van der Waals surface area contributed by atoms with Crippen LogP contribution in [0.5, 0.6) is 5.75 Å². The van der Waals surface area contributed by atoms with E-state index in [9.17, 15) is 14.4 Å². The summed E-state index contributed by atoms with van der Waals surface area (Å²) in [6.07, 6.45) is -4.77. The topological polar surface area (TPSA) is 132 Å². The number of carbonyl (C=O) groups is 2. The van der Waals surface area contributed by atoms with E-state index in [-0.39, 0.29) is 17.9 Å². The third-order valence-corrected chi connectivity index (χ3v) is 6.12. The summed E-state index contributed by atoms with van der Waals surface area (Å²) in [5.74, 6) is 0.303. The number of nitrogens with one attached hydrogen (secondary N) is 1. The van der Waals surface area contributed by atoms with Gasteiger partial charge in [-0.1, -0.05) is 30.3 Å². The van der Waals surface area contributed by atoms with Gasteiger partial charge in [-0.2, -0.15) is 0 Å². The molecule has 0 saturated carbocycles. The lowest BCUT2D eigenvalue weighted by atomic mass is 9.89. The predicted octanol–water partition coefficient (Wildman–Crippen LogP) is 3.97. The van der Waals surface area contributed by atoms with Gasteiger partial charge in [0, 0.05) is 18.6 Å². The van der Waals surface area contributed by atoms with Crippen LogP contribution in [0.25, 0.3) is 11.0 Å². The molecule has 2 saturated heterocycles. The number of ether oxygens (including phenoxy) is 6. The first-order valence-corrected chi connectivity index (χ1v) is 11.5. The predicted molar refractivity (Wildman–Crippen MR) is 128 cm³/mol. The molecular weight excluding hydrogens is 486 g/mol. The Hall–Kier alpha value is -4.09. The van der Waals surface area contributed by atoms with Crippen molar-refractivity contribution in [3.8, 4) is 5.75 Å². The number of fused-ring (bicyclic) bond motifs is 2. The quantitative estimate of drug-likeness (QED) is 0.383. The Morgan fingerprint density at radius 1 is 1.03 bits per heavy atom. The second-order valence-electron chi connectivity index (χ2n) is 9.11. The van der Waals surface area contributed by atoms with Gasteiger partial charge in [0.2, 0.25) is 12.4 Å². The third-order valence-electron chi connectivity index (χ3n) is 6.12. The van der Waals surface area contributed by atoms with Gasteiger partial charge >= 0.3 is 17.9 Å². The first kappa shape index (κ1) is 24.6. The van der Waals surface area contributed by atoms with Crippen molar-refractivity contribution in [3.05, 3.63) is 70.6 Å². The highest BCUT2D eigenvalue weighted by molar-refractivity contribution is 5.88. The molecule has 11 nitrogen and oxygen atoms in total. The van der Waals surface area contributed by atoms with Gasteiger partial charge in [0.25, 0.3) is 0 Å². The van der Waals surface area contributed by atoms with E-state index in [1.807, 2.05) is 30.3 Å². The highest BCUT2D eigenvalue weighted by Gasteiger charge is 2.58. The van der Waals surface area contributed by atoms with E-state index in [0.29, 0.717) is 11.1 Å². The van der Waals surface area contributed by atoms with Crippen molar-refractivity contribution in [2.24, 2.45) is 0 Å². The van der Waals surface area contributed by atoms with E-state index in [1.54, 1.807) is 26.0 Å². The summed E-state index contributed by atoms with van der Waals surface area (Å²) in [6, 6.07) is 15.4. The Morgan fingerprint density at radius 3 is 2.54 bits per heavy atom. The normalized spacial score (nSPS) is 24.0. The van der Waals surface area contributed by atoms with E-state index in [2.05, 4.69) is 5.32 Å². The van der Waals surface area contributed by atoms with Crippen molar-refractivity contribution in [1.29, 1.82) is 0 Å². The molecule has 3 aromatic rings. The molecule has 11 heteroatoms. The zero-order valence-corrected chi connectivity index (χ0v) is 20.3. The third kappa shape index (κ3) is 5.09. The van der Waals surface area contributed by atoms with E-state index in [0.717, 1.165) is 5.56 Å². The van der Waals surface area contributed by atoms with Gasteiger partial charge in [-0.25, -0.2) is 14.4 Å². The van der Waals surface area contributed by atoms with Gasteiger partial charge in [0.15, 0.2) is 6.10 Å². The number of anilines is 1. The highest BCUT2D eigenvalue weighted by Crippen LogP contribution is 2.38. The Bertz CT molecular complexity index is 1370. The molecule has 2 aromatic carbocycles. The molecule has 5 rings (SSSR count). The van der Waals surface area contributed by atoms with Gasteiger partial charge < -0.3 is 32.8 Å². The lowest BCUT2D eigenvalue weighted by Gasteiger charge is -2.45. The number of benzene rings is 2. The number of amides is 1. The molecule has 37 heavy (non-hydrogen) atoms. The van der Waals surface area contributed by atoms with Crippen LogP contribution in [0, 0.1) is 0 Å². The van der Waals surface area contributed by atoms with Gasteiger partial charge in [-0.15, -0.1) is 0 Å². The Morgan fingerprint density at radius 2 is 1.78 bits per heavy atom. The molecule has 0 bridgehead atoms. The summed E-state index contributed by atoms with van der Waals surface area (Å²) in [6.45, 7) is 3.64. The average molecular weight is 511 g/mol. The summed E-state index contributed by atoms with van der Waals surface area (Å²) in [7, 11) is 1.50. The molecule has 194 valence electrons. The minimum absolute atomic E-state index is 0.0552. The molecule has 2 aliphatic heterocycles. The summed E-state index contributed by atoms with van der Waals surface area (Å²) >= 11 is 0. The maximum Gasteiger partial charge on any atom is 0.509 e. The van der Waals surface area contributed by atoms with Crippen LogP contribution in [0.1, 0.15) is 19.4 Å². The second-order valence-corrected chi connectivity index (χ2v) is 9.11. The lowest BCUT2D eigenvalue weighted by molar-refractivity contribution is -0.282. The highest BCUT2D eigenvalue weighted by atomic mass is 16.8. The summed E-state index contributed by atoms with van der Waals surface area (Å²) in [5.41, 5.74) is -0.665. The van der Waals surface area contributed by atoms with E-state index >= 15 is 0 Å². The minimum Gasteiger partial charge on any atom is -0.461 e. The molecule has 0 spiro atoms. The smallest absolute Gasteiger partial charge is 0.461 e. The number of hydrogen-bond donors (Lipinski definition) is 1. The zero-order chi connectivity index (χ0) is 26.2. The molecule has 1 amide bonds. The van der Waals surface area contributed by atoms with Crippen molar-refractivity contribution in [3.63, 3.8) is 0 Å². The fraction of sp³-hybridized carbons (Fsp3) is 0.346. The van der Waals surface area contributed by atoms with Crippen LogP contribution in [0.4, 0.5) is 15.3 Å². The maximum absolute atomic E-state index is 12.5. The fourth-order valence-corrected chi connectivity index (χ4v) is 4.42. The zero-order valence-electron chi connectivity index (χ0n) is 20.3. The van der Waals surface area contributed by atoms with Gasteiger partial charge in [0.05, 0.1) is 5.60 Å². The van der Waals surface area contributed by atoms with Crippen LogP contribution in [0.3, 0.4) is 0 Å². The van der Waals surface area contributed by atoms with Crippen LogP contribution in [0.15, 0.2) is 63.8 Å². The molecule has 3 heterocycles. The number of hydrogen-bond acceptors (Lipinski definition) is 10. The molecule has 2 aliphatic rings. The van der Waals surface area contributed by atoms with Gasteiger partial charge in [-0.05, 0) is 37.6 Å². The SMILES string of the molecule is COC1C2OC(=O)OC2[C@H](Oc2ccc3cc(NC(=O)OCc4ccccc4)c(=O)oc3c2)OC1(C)C. The fourth-order valence-electron chi connectivity index (χ4n) is 4.42. The first-order valence-electron chi connectivity index (χ1n) is 11.5. The molecular formula is C26H25NO10. The molecule has 2 fully saturated rings. The standard InChI is InChI=1S/C26H25NO10/c1-26(2)21(31-3)19-20(36-25(30)35-19)23(37-26)33-16-10-9-15-11-17(22(28)34-18(15)12-16)27-24(29)32-13-14-7-5-4-6-8-14/h4-12,19-21,23H,13H2,1-3H3,(H,27,29)/t19?,20?,21?,23-/m1/s1. The first-order chi connectivity index (χ1) is 17.7. The average Bonchev–Trinajstić information content (AvgIpc) is 3.25. The second kappa shape index (κ2) is 9.75. The van der Waals surface area contributed by atoms with Gasteiger partial charge in [0.1, 0.15) is 29.7 Å². The van der Waals surface area contributed by atoms with Gasteiger partial charge in [-0.3, -0.25) is 5.32 Å². The van der Waals surface area contributed by atoms with Crippen molar-refractivity contribution < 1.29 is 42.4 Å². The van der Waals surface area contributed by atoms with E-state index < -0.39 is 48.1 Å². The Kier molecular flexibility index (Phi) is 6.48. The van der Waals surface area contributed by atoms with Crippen LogP contribution in [-0.2, 0) is 30.3 Å². The molecule has 0 aliphatic carbocycles. The molecule has 1 aromatic heterocycles. The number of rotatable bonds is 6. The Balaban J connectivity index is 1.30. The van der Waals surface area contributed by atoms with Crippen LogP contribution in [0.2, 0.25) is 0 Å². The van der Waals surface area contributed by atoms with Crippen LogP contribution in [-0.4, -0.2) is 49.6 Å². The molecule has 0 radical (unpaired) electrons. The molecule has 4 atom stereocenters. The lowest BCUT2D eigenvalue weighted by Crippen LogP contribution is -2.62.